The summed E-state index contributed by atoms with van der Waals surface area (Å²) in [5, 5.41) is 2.15. The minimum Gasteiger partial charge on any atom is -0.406 e. The van der Waals surface area contributed by atoms with Crippen LogP contribution >= 0.6 is 0 Å². The van der Waals surface area contributed by atoms with Crippen molar-refractivity contribution in [3.05, 3.63) is 30.0 Å². The van der Waals surface area contributed by atoms with Crippen molar-refractivity contribution in [1.29, 1.82) is 0 Å². The van der Waals surface area contributed by atoms with E-state index < -0.39 is 6.09 Å². The van der Waals surface area contributed by atoms with Gasteiger partial charge in [0.2, 0.25) is 0 Å². The van der Waals surface area contributed by atoms with Crippen molar-refractivity contribution in [2.75, 3.05) is 27.7 Å². The largest absolute Gasteiger partial charge is 0.439 e. The zero-order chi connectivity index (χ0) is 19.9. The van der Waals surface area contributed by atoms with Gasteiger partial charge in [-0.2, -0.15) is 5.06 Å². The van der Waals surface area contributed by atoms with Gasteiger partial charge in [-0.15, -0.1) is 0 Å². The molecule has 0 atom stereocenters. The number of ether oxygens (including phenoxy) is 1. The Balaban J connectivity index is 1.62. The molecule has 154 valence electrons. The van der Waals surface area contributed by atoms with Crippen molar-refractivity contribution in [1.82, 2.24) is 14.9 Å². The average molecular weight is 388 g/mol. The molecular formula is C22H33N3O3. The predicted molar refractivity (Wildman–Crippen MR) is 111 cm³/mol. The maximum atomic E-state index is 12.0. The summed E-state index contributed by atoms with van der Waals surface area (Å²) in [5.74, 6) is 1.40. The fourth-order valence-electron chi connectivity index (χ4n) is 4.06. The van der Waals surface area contributed by atoms with Crippen LogP contribution in [0.25, 0.3) is 10.9 Å². The summed E-state index contributed by atoms with van der Waals surface area (Å²) in [6.07, 6.45) is 11.2. The molecule has 6 heteroatoms. The van der Waals surface area contributed by atoms with Crippen LogP contribution in [-0.4, -0.2) is 48.8 Å². The van der Waals surface area contributed by atoms with Gasteiger partial charge in [0.15, 0.2) is 5.75 Å². The summed E-state index contributed by atoms with van der Waals surface area (Å²) in [6, 6.07) is 5.78. The molecule has 0 bridgehead atoms. The number of aromatic amines is 1. The maximum absolute atomic E-state index is 12.0. The molecule has 0 saturated heterocycles. The van der Waals surface area contributed by atoms with Crippen molar-refractivity contribution < 1.29 is 14.4 Å². The van der Waals surface area contributed by atoms with E-state index in [9.17, 15) is 4.79 Å². The number of carbonyl (C=O) groups excluding carboxylic acids is 1. The first-order valence-electron chi connectivity index (χ1n) is 10.4. The van der Waals surface area contributed by atoms with E-state index in [-0.39, 0.29) is 0 Å². The van der Waals surface area contributed by atoms with Crippen LogP contribution in [0.4, 0.5) is 4.79 Å². The van der Waals surface area contributed by atoms with Crippen LogP contribution in [0.15, 0.2) is 24.4 Å². The van der Waals surface area contributed by atoms with Gasteiger partial charge in [0, 0.05) is 25.2 Å². The summed E-state index contributed by atoms with van der Waals surface area (Å²) in [6.45, 7) is 1.99. The first-order valence-corrected chi connectivity index (χ1v) is 10.4. The summed E-state index contributed by atoms with van der Waals surface area (Å²) < 4.78 is 5.45. The van der Waals surface area contributed by atoms with Gasteiger partial charge in [-0.25, -0.2) is 4.79 Å². The van der Waals surface area contributed by atoms with E-state index >= 15 is 0 Å². The molecule has 0 aliphatic heterocycles. The van der Waals surface area contributed by atoms with Crippen LogP contribution in [0.5, 0.6) is 5.75 Å². The molecule has 0 radical (unpaired) electrons. The Morgan fingerprint density at radius 3 is 2.64 bits per heavy atom. The molecule has 1 aromatic carbocycles. The van der Waals surface area contributed by atoms with Crippen LogP contribution < -0.4 is 4.74 Å². The molecule has 1 saturated carbocycles. The van der Waals surface area contributed by atoms with Crippen molar-refractivity contribution in [3.8, 4) is 5.75 Å². The van der Waals surface area contributed by atoms with Gasteiger partial charge in [-0.05, 0) is 37.6 Å². The highest BCUT2D eigenvalue weighted by Gasteiger charge is 2.16. The summed E-state index contributed by atoms with van der Waals surface area (Å²) in [4.78, 5) is 22.5. The second kappa shape index (κ2) is 9.94. The zero-order valence-electron chi connectivity index (χ0n) is 17.4. The van der Waals surface area contributed by atoms with E-state index in [4.69, 9.17) is 9.57 Å². The maximum Gasteiger partial charge on any atom is 0.439 e. The minimum absolute atomic E-state index is 0.513. The van der Waals surface area contributed by atoms with Gasteiger partial charge in [0.25, 0.3) is 0 Å². The fourth-order valence-corrected chi connectivity index (χ4v) is 4.06. The van der Waals surface area contributed by atoms with Gasteiger partial charge in [0.1, 0.15) is 0 Å². The van der Waals surface area contributed by atoms with Crippen molar-refractivity contribution in [3.63, 3.8) is 0 Å². The van der Waals surface area contributed by atoms with Crippen LogP contribution in [-0.2, 0) is 11.4 Å². The summed E-state index contributed by atoms with van der Waals surface area (Å²) in [7, 11) is 5.14. The predicted octanol–water partition coefficient (Wildman–Crippen LogP) is 4.95. The van der Waals surface area contributed by atoms with Gasteiger partial charge in [-0.3, -0.25) is 4.84 Å². The van der Waals surface area contributed by atoms with E-state index in [2.05, 4.69) is 23.0 Å². The first kappa shape index (κ1) is 20.7. The number of hydroxylamine groups is 2. The SMILES string of the molecule is CON(C)C(=O)Oc1cccc2c(CN(C)CCC3CCCCCC3)c[nH]c12. The Labute approximate surface area is 167 Å². The quantitative estimate of drug-likeness (QED) is 0.539. The number of hydrogen-bond donors (Lipinski definition) is 1. The molecular weight excluding hydrogens is 354 g/mol. The second-order valence-electron chi connectivity index (χ2n) is 7.92. The normalized spacial score (nSPS) is 15.7. The lowest BCUT2D eigenvalue weighted by Gasteiger charge is -2.20. The molecule has 28 heavy (non-hydrogen) atoms. The van der Waals surface area contributed by atoms with E-state index in [1.54, 1.807) is 6.07 Å². The van der Waals surface area contributed by atoms with Crippen LogP contribution in [0, 0.1) is 5.92 Å². The molecule has 2 aromatic rings. The van der Waals surface area contributed by atoms with E-state index in [0.717, 1.165) is 35.0 Å². The molecule has 1 fully saturated rings. The minimum atomic E-state index is -0.549. The van der Waals surface area contributed by atoms with Gasteiger partial charge < -0.3 is 14.6 Å². The first-order chi connectivity index (χ1) is 13.6. The van der Waals surface area contributed by atoms with Crippen LogP contribution in [0.2, 0.25) is 0 Å². The number of amides is 1. The standard InChI is InChI=1S/C22H33N3O3/c1-24(14-13-17-9-6-4-5-7-10-17)16-18-15-23-21-19(18)11-8-12-20(21)28-22(26)25(2)27-3/h8,11-12,15,17,23H,4-7,9-10,13-14,16H2,1-3H3. The third-order valence-electron chi connectivity index (χ3n) is 5.83. The Morgan fingerprint density at radius 1 is 1.18 bits per heavy atom. The number of fused-ring (bicyclic) bond motifs is 1. The molecule has 3 rings (SSSR count). The van der Waals surface area contributed by atoms with Crippen LogP contribution in [0.3, 0.4) is 0 Å². The molecule has 1 N–H and O–H groups in total. The number of nitrogens with one attached hydrogen (secondary N) is 1. The number of carbonyl (C=O) groups is 1. The molecule has 0 spiro atoms. The second-order valence-corrected chi connectivity index (χ2v) is 7.92. The lowest BCUT2D eigenvalue weighted by Crippen LogP contribution is -2.28. The molecule has 1 aromatic heterocycles. The van der Waals surface area contributed by atoms with E-state index in [1.165, 1.54) is 64.7 Å². The Morgan fingerprint density at radius 2 is 1.93 bits per heavy atom. The highest BCUT2D eigenvalue weighted by molar-refractivity contribution is 5.90. The number of para-hydroxylation sites is 1. The number of nitrogens with zero attached hydrogens (tertiary/aromatic N) is 2. The third kappa shape index (κ3) is 5.26. The zero-order valence-corrected chi connectivity index (χ0v) is 17.4. The molecule has 1 aliphatic carbocycles. The molecule has 0 unspecified atom stereocenters. The average Bonchev–Trinajstić information content (AvgIpc) is 2.93. The van der Waals surface area contributed by atoms with Gasteiger partial charge in [0.05, 0.1) is 12.6 Å². The van der Waals surface area contributed by atoms with Crippen molar-refractivity contribution in [2.45, 2.75) is 51.5 Å². The number of benzene rings is 1. The van der Waals surface area contributed by atoms with Gasteiger partial charge >= 0.3 is 6.09 Å². The van der Waals surface area contributed by atoms with Crippen LogP contribution in [0.1, 0.15) is 50.5 Å². The lowest BCUT2D eigenvalue weighted by molar-refractivity contribution is -0.0789. The Hall–Kier alpha value is -2.05. The number of rotatable bonds is 7. The molecule has 6 nitrogen and oxygen atoms in total. The molecule has 1 amide bonds. The van der Waals surface area contributed by atoms with Crippen molar-refractivity contribution in [2.24, 2.45) is 5.92 Å². The molecule has 1 aliphatic rings. The number of aromatic nitrogens is 1. The Bertz CT molecular complexity index is 765. The smallest absolute Gasteiger partial charge is 0.406 e. The molecule has 1 heterocycles. The topological polar surface area (TPSA) is 57.8 Å². The Kier molecular flexibility index (Phi) is 7.34. The van der Waals surface area contributed by atoms with Crippen molar-refractivity contribution >= 4 is 17.0 Å². The monoisotopic (exact) mass is 387 g/mol. The summed E-state index contributed by atoms with van der Waals surface area (Å²) in [5.41, 5.74) is 2.06. The van der Waals surface area contributed by atoms with Gasteiger partial charge in [-0.1, -0.05) is 50.7 Å². The third-order valence-corrected chi connectivity index (χ3v) is 5.83. The highest BCUT2D eigenvalue weighted by Crippen LogP contribution is 2.29. The van der Waals surface area contributed by atoms with E-state index in [1.807, 2.05) is 12.3 Å². The summed E-state index contributed by atoms with van der Waals surface area (Å²) >= 11 is 0. The van der Waals surface area contributed by atoms with E-state index in [0.29, 0.717) is 5.75 Å². The number of H-pyrrole nitrogens is 1. The fraction of sp³-hybridized carbons (Fsp3) is 0.591. The number of hydrogen-bond acceptors (Lipinski definition) is 4. The highest BCUT2D eigenvalue weighted by atomic mass is 16.7. The lowest BCUT2D eigenvalue weighted by atomic mass is 9.96.